The highest BCUT2D eigenvalue weighted by Gasteiger charge is 2.57. The fraction of sp³-hybridized carbons (Fsp3) is 0.310. The van der Waals surface area contributed by atoms with Gasteiger partial charge in [0, 0.05) is 54.8 Å². The first-order valence-electron chi connectivity index (χ1n) is 13.2. The number of benzene rings is 1. The number of ether oxygens (including phenoxy) is 1. The number of carbonyl (C=O) groups excluding carboxylic acids is 2. The van der Waals surface area contributed by atoms with Crippen LogP contribution < -0.4 is 10.2 Å². The van der Waals surface area contributed by atoms with E-state index < -0.39 is 11.9 Å². The lowest BCUT2D eigenvalue weighted by atomic mass is 10.0. The largest absolute Gasteiger partial charge is 0.462 e. The van der Waals surface area contributed by atoms with Gasteiger partial charge in [-0.1, -0.05) is 58.8 Å². The van der Waals surface area contributed by atoms with Crippen molar-refractivity contribution >= 4 is 51.5 Å². The number of halogens is 3. The fourth-order valence-electron chi connectivity index (χ4n) is 5.40. The molecule has 1 saturated heterocycles. The number of thiazole rings is 1. The number of fused-ring (bicyclic) bond motifs is 1. The van der Waals surface area contributed by atoms with Gasteiger partial charge in [-0.2, -0.15) is 4.39 Å². The quantitative estimate of drug-likeness (QED) is 0.189. The lowest BCUT2D eigenvalue weighted by Gasteiger charge is -2.19. The molecule has 2 N–H and O–H groups in total. The van der Waals surface area contributed by atoms with Crippen molar-refractivity contribution in [1.82, 2.24) is 20.3 Å². The normalized spacial score (nSPS) is 19.2. The van der Waals surface area contributed by atoms with Crippen molar-refractivity contribution in [3.8, 4) is 11.1 Å². The number of nitrogens with one attached hydrogen (secondary N) is 2. The molecule has 1 aliphatic carbocycles. The molecule has 212 valence electrons. The average Bonchev–Trinajstić information content (AvgIpc) is 3.30. The summed E-state index contributed by atoms with van der Waals surface area (Å²) in [7, 11) is 0. The Morgan fingerprint density at radius 2 is 1.95 bits per heavy atom. The SMILES string of the molecule is CCOC(=O)c1sc(N2C[C@@H]3[C@H](C2)[C@H]3NC(=O)c2[nH]c(C)c(Cl)c2Cl)nc1Cc1cccc(-c2ccc(F)nc2)c1. The van der Waals surface area contributed by atoms with Crippen molar-refractivity contribution in [1.29, 1.82) is 0 Å². The minimum Gasteiger partial charge on any atom is -0.462 e. The van der Waals surface area contributed by atoms with Crippen LogP contribution in [0.4, 0.5) is 9.52 Å². The van der Waals surface area contributed by atoms with E-state index in [1.54, 1.807) is 19.9 Å². The number of aromatic amines is 1. The smallest absolute Gasteiger partial charge is 0.350 e. The van der Waals surface area contributed by atoms with Crippen molar-refractivity contribution in [2.75, 3.05) is 24.6 Å². The highest BCUT2D eigenvalue weighted by Crippen LogP contribution is 2.48. The molecule has 8 nitrogen and oxygen atoms in total. The van der Waals surface area contributed by atoms with Crippen molar-refractivity contribution in [3.63, 3.8) is 0 Å². The first-order valence-corrected chi connectivity index (χ1v) is 14.8. The molecule has 1 aliphatic heterocycles. The maximum atomic E-state index is 13.3. The molecule has 6 rings (SSSR count). The number of esters is 1. The molecule has 1 saturated carbocycles. The number of nitrogens with zero attached hydrogens (tertiary/aromatic N) is 3. The van der Waals surface area contributed by atoms with Gasteiger partial charge < -0.3 is 19.9 Å². The predicted molar refractivity (Wildman–Crippen MR) is 157 cm³/mol. The fourth-order valence-corrected chi connectivity index (χ4v) is 6.81. The number of anilines is 1. The zero-order valence-corrected chi connectivity index (χ0v) is 24.5. The molecule has 41 heavy (non-hydrogen) atoms. The number of rotatable bonds is 8. The van der Waals surface area contributed by atoms with E-state index in [0.29, 0.717) is 27.7 Å². The van der Waals surface area contributed by atoms with Gasteiger partial charge in [0.25, 0.3) is 5.91 Å². The van der Waals surface area contributed by atoms with Crippen LogP contribution in [0, 0.1) is 24.7 Å². The van der Waals surface area contributed by atoms with Crippen LogP contribution in [-0.4, -0.2) is 52.6 Å². The molecule has 4 aromatic rings. The van der Waals surface area contributed by atoms with E-state index >= 15 is 0 Å². The summed E-state index contributed by atoms with van der Waals surface area (Å²) in [5, 5.41) is 4.42. The molecule has 4 heterocycles. The third-order valence-corrected chi connectivity index (χ3v) is 9.64. The highest BCUT2D eigenvalue weighted by atomic mass is 35.5. The number of H-pyrrole nitrogens is 1. The second-order valence-electron chi connectivity index (χ2n) is 10.2. The van der Waals surface area contributed by atoms with Gasteiger partial charge in [-0.3, -0.25) is 4.79 Å². The molecule has 0 unspecified atom stereocenters. The van der Waals surface area contributed by atoms with Crippen LogP contribution in [0.3, 0.4) is 0 Å². The Labute approximate surface area is 249 Å². The second-order valence-corrected chi connectivity index (χ2v) is 12.0. The van der Waals surface area contributed by atoms with Crippen molar-refractivity contribution < 1.29 is 18.7 Å². The maximum Gasteiger partial charge on any atom is 0.350 e. The van der Waals surface area contributed by atoms with Gasteiger partial charge in [-0.15, -0.1) is 0 Å². The van der Waals surface area contributed by atoms with Gasteiger partial charge in [0.15, 0.2) is 5.13 Å². The molecule has 2 aliphatic rings. The minimum absolute atomic E-state index is 0.0462. The summed E-state index contributed by atoms with van der Waals surface area (Å²) in [6.45, 7) is 5.24. The summed E-state index contributed by atoms with van der Waals surface area (Å²) in [6, 6.07) is 10.9. The first kappa shape index (κ1) is 27.7. The Balaban J connectivity index is 1.16. The molecule has 0 radical (unpaired) electrons. The first-order chi connectivity index (χ1) is 19.7. The summed E-state index contributed by atoms with van der Waals surface area (Å²) < 4.78 is 18.6. The summed E-state index contributed by atoms with van der Waals surface area (Å²) in [4.78, 5) is 39.8. The van der Waals surface area contributed by atoms with Gasteiger partial charge in [-0.25, -0.2) is 14.8 Å². The molecular formula is C29H26Cl2FN5O3S. The summed E-state index contributed by atoms with van der Waals surface area (Å²) in [6.07, 6.45) is 1.93. The summed E-state index contributed by atoms with van der Waals surface area (Å²) >= 11 is 13.7. The molecule has 12 heteroatoms. The number of amides is 1. The van der Waals surface area contributed by atoms with Gasteiger partial charge in [0.2, 0.25) is 5.95 Å². The molecule has 1 amide bonds. The Kier molecular flexibility index (Phi) is 7.48. The number of hydrogen-bond acceptors (Lipinski definition) is 7. The van der Waals surface area contributed by atoms with Crippen LogP contribution >= 0.6 is 34.5 Å². The van der Waals surface area contributed by atoms with E-state index in [1.165, 1.54) is 23.6 Å². The van der Waals surface area contributed by atoms with Gasteiger partial charge >= 0.3 is 5.97 Å². The van der Waals surface area contributed by atoms with Gasteiger partial charge in [-0.05, 0) is 37.1 Å². The van der Waals surface area contributed by atoms with E-state index in [0.717, 1.165) is 34.9 Å². The number of aryl methyl sites for hydroxylation is 1. The molecule has 0 bridgehead atoms. The predicted octanol–water partition coefficient (Wildman–Crippen LogP) is 5.92. The molecule has 3 aromatic heterocycles. The molecule has 0 spiro atoms. The zero-order chi connectivity index (χ0) is 28.8. The minimum atomic E-state index is -0.530. The van der Waals surface area contributed by atoms with Crippen molar-refractivity contribution in [2.24, 2.45) is 11.8 Å². The van der Waals surface area contributed by atoms with Gasteiger partial charge in [0.1, 0.15) is 10.6 Å². The Hall–Kier alpha value is -3.47. The van der Waals surface area contributed by atoms with E-state index in [1.807, 2.05) is 24.3 Å². The van der Waals surface area contributed by atoms with E-state index in [2.05, 4.69) is 20.2 Å². The summed E-state index contributed by atoms with van der Waals surface area (Å²) in [5.41, 5.74) is 4.23. The molecular weight excluding hydrogens is 588 g/mol. The number of carbonyl (C=O) groups is 2. The average molecular weight is 615 g/mol. The lowest BCUT2D eigenvalue weighted by Crippen LogP contribution is -2.34. The van der Waals surface area contributed by atoms with Gasteiger partial charge in [0.05, 0.1) is 22.3 Å². The van der Waals surface area contributed by atoms with Crippen LogP contribution in [0.5, 0.6) is 0 Å². The van der Waals surface area contributed by atoms with Crippen LogP contribution in [0.15, 0.2) is 42.6 Å². The standard InChI is InChI=1S/C29H26Cl2FN5O3S/c1-3-40-28(39)26-20(10-15-5-4-6-16(9-15)17-7-8-21(32)33-11-17)35-29(41-26)37-12-18-19(13-37)24(18)36-27(38)25-23(31)22(30)14(2)34-25/h4-9,11,18-19,24,34H,3,10,12-13H2,1-2H3,(H,36,38)/t18-,19+,24+. The summed E-state index contributed by atoms with van der Waals surface area (Å²) in [5.74, 6) is -0.628. The second kappa shape index (κ2) is 11.1. The van der Waals surface area contributed by atoms with E-state index in [-0.39, 0.29) is 41.1 Å². The molecule has 3 atom stereocenters. The number of hydrogen-bond donors (Lipinski definition) is 2. The molecule has 1 aromatic carbocycles. The third-order valence-electron chi connectivity index (χ3n) is 7.55. The Morgan fingerprint density at radius 1 is 1.17 bits per heavy atom. The monoisotopic (exact) mass is 613 g/mol. The number of pyridine rings is 1. The zero-order valence-electron chi connectivity index (χ0n) is 22.2. The van der Waals surface area contributed by atoms with E-state index in [9.17, 15) is 14.0 Å². The van der Waals surface area contributed by atoms with Crippen molar-refractivity contribution in [3.05, 3.63) is 86.1 Å². The lowest BCUT2D eigenvalue weighted by molar-refractivity contribution is 0.0530. The Bertz CT molecular complexity index is 1630. The Morgan fingerprint density at radius 3 is 2.61 bits per heavy atom. The van der Waals surface area contributed by atoms with E-state index in [4.69, 9.17) is 32.9 Å². The number of aromatic nitrogens is 3. The van der Waals surface area contributed by atoms with Crippen LogP contribution in [0.25, 0.3) is 11.1 Å². The third kappa shape index (κ3) is 5.43. The van der Waals surface area contributed by atoms with Crippen LogP contribution in [0.2, 0.25) is 10.0 Å². The molecule has 2 fully saturated rings. The van der Waals surface area contributed by atoms with Crippen LogP contribution in [-0.2, 0) is 11.2 Å². The van der Waals surface area contributed by atoms with Crippen molar-refractivity contribution in [2.45, 2.75) is 26.3 Å². The number of piperidine rings is 1. The van der Waals surface area contributed by atoms with Crippen LogP contribution in [0.1, 0.15) is 44.0 Å². The maximum absolute atomic E-state index is 13.3. The topological polar surface area (TPSA) is 100 Å². The highest BCUT2D eigenvalue weighted by molar-refractivity contribution is 7.17.